The van der Waals surface area contributed by atoms with Crippen LogP contribution >= 0.6 is 27.5 Å². The summed E-state index contributed by atoms with van der Waals surface area (Å²) < 4.78 is 30.4. The fourth-order valence-electron chi connectivity index (χ4n) is 3.62. The van der Waals surface area contributed by atoms with Crippen LogP contribution in [0.5, 0.6) is 0 Å². The van der Waals surface area contributed by atoms with E-state index in [4.69, 9.17) is 11.6 Å². The first-order valence-electron chi connectivity index (χ1n) is 8.86. The van der Waals surface area contributed by atoms with Gasteiger partial charge < -0.3 is 10.6 Å². The van der Waals surface area contributed by atoms with Crippen LogP contribution in [0.15, 0.2) is 10.5 Å². The third-order valence-electron chi connectivity index (χ3n) is 4.95. The van der Waals surface area contributed by atoms with Gasteiger partial charge in [-0.05, 0) is 53.5 Å². The van der Waals surface area contributed by atoms with Crippen LogP contribution in [0.1, 0.15) is 39.9 Å². The summed E-state index contributed by atoms with van der Waals surface area (Å²) in [6.07, 6.45) is 0.753. The first-order chi connectivity index (χ1) is 13.8. The van der Waals surface area contributed by atoms with E-state index in [9.17, 15) is 13.6 Å². The molecular weight excluding hydrogens is 470 g/mol. The van der Waals surface area contributed by atoms with E-state index in [-0.39, 0.29) is 26.6 Å². The summed E-state index contributed by atoms with van der Waals surface area (Å²) >= 11 is 8.98. The van der Waals surface area contributed by atoms with Gasteiger partial charge in [0.1, 0.15) is 11.3 Å². The largest absolute Gasteiger partial charge is 0.354 e. The van der Waals surface area contributed by atoms with E-state index < -0.39 is 17.7 Å². The van der Waals surface area contributed by atoms with Gasteiger partial charge in [0.25, 0.3) is 5.91 Å². The van der Waals surface area contributed by atoms with Crippen molar-refractivity contribution in [3.63, 3.8) is 0 Å². The van der Waals surface area contributed by atoms with Crippen molar-refractivity contribution in [3.05, 3.63) is 50.1 Å². The van der Waals surface area contributed by atoms with Gasteiger partial charge in [-0.2, -0.15) is 5.10 Å². The maximum absolute atomic E-state index is 14.7. The minimum atomic E-state index is -0.851. The molecule has 0 saturated heterocycles. The molecule has 1 amide bonds. The predicted octanol–water partition coefficient (Wildman–Crippen LogP) is 3.27. The standard InChI is InChI=1S/C18H16BrClF2N6O/c1-7-12(17(29)23-2)27-28-5-3-4-24-15(16(7)28)14-8-6-9(21)10(19)11(22)13(8)25-18(20)26-14/h6,15,24H,3-5H2,1-2H3,(H,23,29). The maximum Gasteiger partial charge on any atom is 0.271 e. The van der Waals surface area contributed by atoms with Crippen molar-refractivity contribution in [2.75, 3.05) is 13.6 Å². The van der Waals surface area contributed by atoms with Crippen LogP contribution in [0.4, 0.5) is 8.78 Å². The monoisotopic (exact) mass is 484 g/mol. The number of aryl methyl sites for hydroxylation is 1. The molecule has 0 spiro atoms. The number of hydrogen-bond acceptors (Lipinski definition) is 5. The Labute approximate surface area is 178 Å². The molecule has 3 heterocycles. The Hall–Kier alpha value is -2.17. The molecule has 11 heteroatoms. The molecule has 29 heavy (non-hydrogen) atoms. The fourth-order valence-corrected chi connectivity index (χ4v) is 4.10. The lowest BCUT2D eigenvalue weighted by molar-refractivity contribution is 0.0956. The van der Waals surface area contributed by atoms with Crippen LogP contribution < -0.4 is 10.6 Å². The van der Waals surface area contributed by atoms with E-state index in [1.807, 2.05) is 0 Å². The molecule has 0 saturated carbocycles. The minimum Gasteiger partial charge on any atom is -0.354 e. The number of benzene rings is 1. The Morgan fingerprint density at radius 1 is 1.41 bits per heavy atom. The van der Waals surface area contributed by atoms with Crippen molar-refractivity contribution >= 4 is 44.3 Å². The molecule has 152 valence electrons. The van der Waals surface area contributed by atoms with Gasteiger partial charge in [0, 0.05) is 24.5 Å². The average Bonchev–Trinajstić information content (AvgIpc) is 2.88. The van der Waals surface area contributed by atoms with Crippen molar-refractivity contribution in [2.45, 2.75) is 25.9 Å². The SMILES string of the molecule is CNC(=O)c1nn2c(c1C)C(c1nc(Cl)nc3c(F)c(Br)c(F)cc13)NCCC2. The Balaban J connectivity index is 2.00. The van der Waals surface area contributed by atoms with Crippen LogP contribution in [-0.4, -0.2) is 39.2 Å². The molecule has 3 aromatic rings. The van der Waals surface area contributed by atoms with Crippen molar-refractivity contribution < 1.29 is 13.6 Å². The highest BCUT2D eigenvalue weighted by Crippen LogP contribution is 2.35. The first kappa shape index (κ1) is 20.1. The number of fused-ring (bicyclic) bond motifs is 2. The molecule has 2 N–H and O–H groups in total. The molecule has 0 bridgehead atoms. The van der Waals surface area contributed by atoms with Crippen LogP contribution in [0.3, 0.4) is 0 Å². The zero-order valence-electron chi connectivity index (χ0n) is 15.5. The molecule has 0 aliphatic carbocycles. The van der Waals surface area contributed by atoms with E-state index in [2.05, 4.69) is 41.6 Å². The van der Waals surface area contributed by atoms with Crippen LogP contribution in [0, 0.1) is 18.6 Å². The number of carbonyl (C=O) groups excluding carboxylic acids is 1. The summed E-state index contributed by atoms with van der Waals surface area (Å²) in [5.41, 5.74) is 1.88. The molecule has 2 aromatic heterocycles. The molecule has 4 rings (SSSR count). The second-order valence-electron chi connectivity index (χ2n) is 6.66. The quantitative estimate of drug-likeness (QED) is 0.430. The number of carbonyl (C=O) groups is 1. The van der Waals surface area contributed by atoms with Crippen LogP contribution in [0.25, 0.3) is 10.9 Å². The normalized spacial score (nSPS) is 16.6. The van der Waals surface area contributed by atoms with E-state index >= 15 is 0 Å². The Bertz CT molecular complexity index is 1150. The number of aromatic nitrogens is 4. The first-order valence-corrected chi connectivity index (χ1v) is 10.0. The van der Waals surface area contributed by atoms with Gasteiger partial charge in [0.15, 0.2) is 11.5 Å². The Morgan fingerprint density at radius 3 is 2.90 bits per heavy atom. The van der Waals surface area contributed by atoms with Crippen molar-refractivity contribution in [1.82, 2.24) is 30.4 Å². The maximum atomic E-state index is 14.7. The predicted molar refractivity (Wildman–Crippen MR) is 107 cm³/mol. The zero-order valence-corrected chi connectivity index (χ0v) is 17.8. The molecule has 1 unspecified atom stereocenters. The summed E-state index contributed by atoms with van der Waals surface area (Å²) in [4.78, 5) is 20.5. The highest BCUT2D eigenvalue weighted by molar-refractivity contribution is 9.10. The summed E-state index contributed by atoms with van der Waals surface area (Å²) in [5, 5.41) is 10.4. The van der Waals surface area contributed by atoms with E-state index in [1.54, 1.807) is 11.6 Å². The smallest absolute Gasteiger partial charge is 0.271 e. The number of halogens is 4. The molecule has 1 aliphatic rings. The lowest BCUT2D eigenvalue weighted by Gasteiger charge is -2.19. The third-order valence-corrected chi connectivity index (χ3v) is 5.85. The second-order valence-corrected chi connectivity index (χ2v) is 7.79. The summed E-state index contributed by atoms with van der Waals surface area (Å²) in [5.74, 6) is -1.93. The van der Waals surface area contributed by atoms with Gasteiger partial charge in [-0.25, -0.2) is 18.7 Å². The van der Waals surface area contributed by atoms with Crippen LogP contribution in [0.2, 0.25) is 5.28 Å². The molecule has 1 atom stereocenters. The van der Waals surface area contributed by atoms with E-state index in [1.165, 1.54) is 13.1 Å². The lowest BCUT2D eigenvalue weighted by Crippen LogP contribution is -2.25. The zero-order chi connectivity index (χ0) is 20.9. The van der Waals surface area contributed by atoms with Gasteiger partial charge in [-0.15, -0.1) is 0 Å². The van der Waals surface area contributed by atoms with Crippen molar-refractivity contribution in [2.24, 2.45) is 0 Å². The van der Waals surface area contributed by atoms with Crippen molar-refractivity contribution in [3.8, 4) is 0 Å². The average molecular weight is 486 g/mol. The molecule has 1 aliphatic heterocycles. The van der Waals surface area contributed by atoms with E-state index in [0.29, 0.717) is 35.7 Å². The fraction of sp³-hybridized carbons (Fsp3) is 0.333. The third kappa shape index (κ3) is 3.28. The van der Waals surface area contributed by atoms with Gasteiger partial charge in [-0.3, -0.25) is 9.48 Å². The molecular formula is C18H16BrClF2N6O. The summed E-state index contributed by atoms with van der Waals surface area (Å²) in [7, 11) is 1.53. The number of nitrogens with one attached hydrogen (secondary N) is 2. The second kappa shape index (κ2) is 7.58. The topological polar surface area (TPSA) is 84.7 Å². The molecule has 0 radical (unpaired) electrons. The number of rotatable bonds is 2. The molecule has 0 fully saturated rings. The highest BCUT2D eigenvalue weighted by atomic mass is 79.9. The highest BCUT2D eigenvalue weighted by Gasteiger charge is 2.31. The van der Waals surface area contributed by atoms with E-state index in [0.717, 1.165) is 6.42 Å². The molecule has 1 aromatic carbocycles. The Morgan fingerprint density at radius 2 is 2.17 bits per heavy atom. The van der Waals surface area contributed by atoms with Crippen molar-refractivity contribution in [1.29, 1.82) is 0 Å². The van der Waals surface area contributed by atoms with Crippen LogP contribution in [-0.2, 0) is 6.54 Å². The summed E-state index contributed by atoms with van der Waals surface area (Å²) in [6, 6.07) is 0.600. The minimum absolute atomic E-state index is 0.0884. The van der Waals surface area contributed by atoms with Gasteiger partial charge in [0.2, 0.25) is 5.28 Å². The van der Waals surface area contributed by atoms with Gasteiger partial charge in [-0.1, -0.05) is 0 Å². The van der Waals surface area contributed by atoms with Gasteiger partial charge in [0.05, 0.1) is 21.9 Å². The number of nitrogens with zero attached hydrogens (tertiary/aromatic N) is 4. The molecule has 7 nitrogen and oxygen atoms in total. The van der Waals surface area contributed by atoms with Gasteiger partial charge >= 0.3 is 0 Å². The number of amides is 1. The number of hydrogen-bond donors (Lipinski definition) is 2. The lowest BCUT2D eigenvalue weighted by atomic mass is 10.0. The Kier molecular flexibility index (Phi) is 5.26. The summed E-state index contributed by atoms with van der Waals surface area (Å²) in [6.45, 7) is 2.99.